The van der Waals surface area contributed by atoms with Gasteiger partial charge in [0.25, 0.3) is 5.91 Å². The largest absolute Gasteiger partial charge is 0.392 e. The molecule has 0 spiro atoms. The van der Waals surface area contributed by atoms with E-state index in [4.69, 9.17) is 11.6 Å². The zero-order valence-corrected chi connectivity index (χ0v) is 12.1. The first-order valence-electron chi connectivity index (χ1n) is 6.32. The molecule has 1 aliphatic carbocycles. The molecular weight excluding hydrogens is 264 g/mol. The number of halogens is 1. The smallest absolute Gasteiger partial charge is 0.252 e. The van der Waals surface area contributed by atoms with Gasteiger partial charge in [0, 0.05) is 24.2 Å². The van der Waals surface area contributed by atoms with E-state index in [1.807, 2.05) is 19.9 Å². The van der Waals surface area contributed by atoms with E-state index in [1.54, 1.807) is 19.2 Å². The van der Waals surface area contributed by atoms with E-state index in [1.165, 1.54) is 0 Å². The first kappa shape index (κ1) is 14.2. The van der Waals surface area contributed by atoms with Crippen molar-refractivity contribution in [3.8, 4) is 0 Å². The highest BCUT2D eigenvalue weighted by molar-refractivity contribution is 6.34. The number of hydrogen-bond donors (Lipinski definition) is 3. The number of benzene rings is 1. The summed E-state index contributed by atoms with van der Waals surface area (Å²) >= 11 is 6.00. The second-order valence-corrected chi connectivity index (χ2v) is 5.95. The van der Waals surface area contributed by atoms with Gasteiger partial charge in [0.15, 0.2) is 0 Å². The fourth-order valence-electron chi connectivity index (χ4n) is 2.27. The van der Waals surface area contributed by atoms with E-state index in [-0.39, 0.29) is 23.5 Å². The molecule has 1 aromatic rings. The Kier molecular flexibility index (Phi) is 3.74. The number of rotatable bonds is 3. The molecule has 2 unspecified atom stereocenters. The molecule has 1 amide bonds. The molecule has 3 N–H and O–H groups in total. The van der Waals surface area contributed by atoms with Crippen LogP contribution >= 0.6 is 11.6 Å². The van der Waals surface area contributed by atoms with Gasteiger partial charge >= 0.3 is 0 Å². The van der Waals surface area contributed by atoms with E-state index in [9.17, 15) is 9.90 Å². The molecule has 1 aromatic carbocycles. The highest BCUT2D eigenvalue weighted by atomic mass is 35.5. The summed E-state index contributed by atoms with van der Waals surface area (Å²) in [7, 11) is 1.57. The molecule has 104 valence electrons. The van der Waals surface area contributed by atoms with Crippen LogP contribution < -0.4 is 10.6 Å². The number of carbonyl (C=O) groups is 1. The zero-order valence-electron chi connectivity index (χ0n) is 11.3. The zero-order chi connectivity index (χ0) is 14.2. The molecule has 0 aromatic heterocycles. The van der Waals surface area contributed by atoms with Gasteiger partial charge in [-0.05, 0) is 24.6 Å². The lowest BCUT2D eigenvalue weighted by Gasteiger charge is -2.49. The maximum absolute atomic E-state index is 11.7. The molecular formula is C14H19ClN2O2. The molecule has 1 aliphatic rings. The lowest BCUT2D eigenvalue weighted by Crippen LogP contribution is -2.56. The maximum Gasteiger partial charge on any atom is 0.252 e. The number of aliphatic hydroxyl groups is 1. The van der Waals surface area contributed by atoms with Crippen molar-refractivity contribution < 1.29 is 9.90 Å². The van der Waals surface area contributed by atoms with E-state index >= 15 is 0 Å². The predicted molar refractivity (Wildman–Crippen MR) is 76.7 cm³/mol. The molecule has 2 rings (SSSR count). The highest BCUT2D eigenvalue weighted by Crippen LogP contribution is 2.42. The molecule has 2 atom stereocenters. The summed E-state index contributed by atoms with van der Waals surface area (Å²) in [5.74, 6) is -0.207. The van der Waals surface area contributed by atoms with Crippen LogP contribution in [0, 0.1) is 5.41 Å². The Bertz CT molecular complexity index is 502. The monoisotopic (exact) mass is 282 g/mol. The molecule has 1 saturated carbocycles. The Balaban J connectivity index is 2.16. The van der Waals surface area contributed by atoms with E-state index < -0.39 is 0 Å². The summed E-state index contributed by atoms with van der Waals surface area (Å²) in [6, 6.07) is 5.48. The average Bonchev–Trinajstić information content (AvgIpc) is 2.39. The van der Waals surface area contributed by atoms with Crippen molar-refractivity contribution in [2.24, 2.45) is 5.41 Å². The second-order valence-electron chi connectivity index (χ2n) is 5.54. The third kappa shape index (κ3) is 2.55. The van der Waals surface area contributed by atoms with Crippen molar-refractivity contribution in [1.82, 2.24) is 5.32 Å². The molecule has 1 fully saturated rings. The Morgan fingerprint density at radius 2 is 2.16 bits per heavy atom. The topological polar surface area (TPSA) is 61.4 Å². The quantitative estimate of drug-likeness (QED) is 0.797. The molecule has 0 heterocycles. The van der Waals surface area contributed by atoms with Crippen molar-refractivity contribution in [3.05, 3.63) is 28.8 Å². The summed E-state index contributed by atoms with van der Waals surface area (Å²) in [6.07, 6.45) is 0.431. The summed E-state index contributed by atoms with van der Waals surface area (Å²) in [5, 5.41) is 16.1. The van der Waals surface area contributed by atoms with Crippen molar-refractivity contribution in [2.45, 2.75) is 32.4 Å². The third-order valence-corrected chi connectivity index (χ3v) is 4.32. The minimum absolute atomic E-state index is 0.160. The van der Waals surface area contributed by atoms with Crippen LogP contribution in [-0.4, -0.2) is 30.2 Å². The lowest BCUT2D eigenvalue weighted by molar-refractivity contribution is -0.0510. The average molecular weight is 283 g/mol. The predicted octanol–water partition coefficient (Wildman–Crippen LogP) is 2.27. The Labute approximate surface area is 118 Å². The van der Waals surface area contributed by atoms with Crippen LogP contribution in [0.5, 0.6) is 0 Å². The summed E-state index contributed by atoms with van der Waals surface area (Å²) in [6.45, 7) is 4.04. The first-order valence-corrected chi connectivity index (χ1v) is 6.70. The van der Waals surface area contributed by atoms with Crippen LogP contribution in [-0.2, 0) is 0 Å². The Morgan fingerprint density at radius 3 is 2.68 bits per heavy atom. The first-order chi connectivity index (χ1) is 8.86. The number of carbonyl (C=O) groups excluding carboxylic acids is 1. The van der Waals surface area contributed by atoms with Gasteiger partial charge in [-0.1, -0.05) is 25.4 Å². The van der Waals surface area contributed by atoms with Crippen LogP contribution in [0.2, 0.25) is 5.02 Å². The third-order valence-electron chi connectivity index (χ3n) is 3.99. The number of hydrogen-bond acceptors (Lipinski definition) is 3. The molecule has 4 nitrogen and oxygen atoms in total. The molecule has 0 saturated heterocycles. The van der Waals surface area contributed by atoms with Gasteiger partial charge < -0.3 is 15.7 Å². The van der Waals surface area contributed by atoms with Gasteiger partial charge in [0.2, 0.25) is 0 Å². The normalized spacial score (nSPS) is 24.5. The lowest BCUT2D eigenvalue weighted by atomic mass is 9.64. The number of anilines is 1. The molecule has 0 radical (unpaired) electrons. The van der Waals surface area contributed by atoms with Gasteiger partial charge in [-0.3, -0.25) is 4.79 Å². The van der Waals surface area contributed by atoms with Crippen LogP contribution in [0.25, 0.3) is 0 Å². The van der Waals surface area contributed by atoms with E-state index in [0.29, 0.717) is 17.0 Å². The van der Waals surface area contributed by atoms with E-state index in [2.05, 4.69) is 10.6 Å². The van der Waals surface area contributed by atoms with Crippen LogP contribution in [0.3, 0.4) is 0 Å². The number of nitrogens with one attached hydrogen (secondary N) is 2. The fraction of sp³-hybridized carbons (Fsp3) is 0.500. The minimum Gasteiger partial charge on any atom is -0.392 e. The molecule has 0 bridgehead atoms. The van der Waals surface area contributed by atoms with Gasteiger partial charge in [0.1, 0.15) is 0 Å². The fourth-order valence-corrected chi connectivity index (χ4v) is 2.48. The van der Waals surface area contributed by atoms with Gasteiger partial charge in [-0.2, -0.15) is 0 Å². The maximum atomic E-state index is 11.7. The standard InChI is InChI=1S/C14H19ClN2O2/c1-14(2)11(7-12(14)18)17-8-4-5-10(15)9(6-8)13(19)16-3/h4-6,11-12,17-18H,7H2,1-3H3,(H,16,19). The van der Waals surface area contributed by atoms with Crippen LogP contribution in [0.1, 0.15) is 30.6 Å². The minimum atomic E-state index is -0.282. The number of aliphatic hydroxyl groups excluding tert-OH is 1. The Morgan fingerprint density at radius 1 is 1.47 bits per heavy atom. The Hall–Kier alpha value is -1.26. The molecule has 0 aliphatic heterocycles. The van der Waals surface area contributed by atoms with Crippen molar-refractivity contribution in [3.63, 3.8) is 0 Å². The highest BCUT2D eigenvalue weighted by Gasteiger charge is 2.47. The summed E-state index contributed by atoms with van der Waals surface area (Å²) < 4.78 is 0. The van der Waals surface area contributed by atoms with Crippen molar-refractivity contribution in [1.29, 1.82) is 0 Å². The van der Waals surface area contributed by atoms with Gasteiger partial charge in [-0.25, -0.2) is 0 Å². The second kappa shape index (κ2) is 5.02. The van der Waals surface area contributed by atoms with Crippen LogP contribution in [0.15, 0.2) is 18.2 Å². The molecule has 5 heteroatoms. The summed E-state index contributed by atoms with van der Waals surface area (Å²) in [4.78, 5) is 11.7. The van der Waals surface area contributed by atoms with Gasteiger partial charge in [-0.15, -0.1) is 0 Å². The van der Waals surface area contributed by atoms with Crippen LogP contribution in [0.4, 0.5) is 5.69 Å². The summed E-state index contributed by atoms with van der Waals surface area (Å²) in [5.41, 5.74) is 1.13. The van der Waals surface area contributed by atoms with E-state index in [0.717, 1.165) is 5.69 Å². The van der Waals surface area contributed by atoms with Crippen molar-refractivity contribution in [2.75, 3.05) is 12.4 Å². The molecule has 19 heavy (non-hydrogen) atoms. The van der Waals surface area contributed by atoms with Crippen molar-refractivity contribution >= 4 is 23.2 Å². The van der Waals surface area contributed by atoms with Gasteiger partial charge in [0.05, 0.1) is 16.7 Å². The SMILES string of the molecule is CNC(=O)c1cc(NC2CC(O)C2(C)C)ccc1Cl. The number of amides is 1.